The third kappa shape index (κ3) is 1.59. The summed E-state index contributed by atoms with van der Waals surface area (Å²) < 4.78 is 0. The summed E-state index contributed by atoms with van der Waals surface area (Å²) in [4.78, 5) is 4.67. The van der Waals surface area contributed by atoms with Crippen LogP contribution in [0.3, 0.4) is 0 Å². The van der Waals surface area contributed by atoms with E-state index in [0.29, 0.717) is 5.92 Å². The molecule has 0 radical (unpaired) electrons. The topological polar surface area (TPSA) is 38.9 Å². The predicted octanol–water partition coefficient (Wildman–Crippen LogP) is 2.95. The van der Waals surface area contributed by atoms with Gasteiger partial charge in [-0.05, 0) is 43.4 Å². The summed E-state index contributed by atoms with van der Waals surface area (Å²) in [6.07, 6.45) is 2.52. The number of rotatable bonds is 2. The molecule has 2 N–H and O–H groups in total. The van der Waals surface area contributed by atoms with Crippen molar-refractivity contribution < 1.29 is 0 Å². The maximum absolute atomic E-state index is 6.20. The Balaban J connectivity index is 2.12. The molecule has 1 unspecified atom stereocenters. The molecular formula is C14H16N2. The number of benzene rings is 1. The molecule has 16 heavy (non-hydrogen) atoms. The molecule has 82 valence electrons. The zero-order valence-electron chi connectivity index (χ0n) is 9.48. The Morgan fingerprint density at radius 3 is 2.81 bits per heavy atom. The number of aromatic nitrogens is 1. The Morgan fingerprint density at radius 2 is 2.06 bits per heavy atom. The molecule has 1 aromatic carbocycles. The lowest BCUT2D eigenvalue weighted by Gasteiger charge is -2.12. The number of nitrogens with two attached hydrogens (primary N) is 1. The fraction of sp³-hybridized carbons (Fsp3) is 0.357. The Morgan fingerprint density at radius 1 is 1.31 bits per heavy atom. The van der Waals surface area contributed by atoms with Gasteiger partial charge in [-0.3, -0.25) is 4.98 Å². The van der Waals surface area contributed by atoms with Gasteiger partial charge in [0.25, 0.3) is 0 Å². The minimum absolute atomic E-state index is 0.128. The summed E-state index contributed by atoms with van der Waals surface area (Å²) in [6.45, 7) is 2.13. The van der Waals surface area contributed by atoms with E-state index in [1.807, 2.05) is 6.07 Å². The molecule has 1 aromatic heterocycles. The van der Waals surface area contributed by atoms with Crippen molar-refractivity contribution in [2.24, 2.45) is 11.7 Å². The number of fused-ring (bicyclic) bond motifs is 1. The van der Waals surface area contributed by atoms with Crippen LogP contribution in [0.4, 0.5) is 0 Å². The van der Waals surface area contributed by atoms with Gasteiger partial charge < -0.3 is 5.73 Å². The number of nitrogens with zero attached hydrogens (tertiary/aromatic N) is 1. The summed E-state index contributed by atoms with van der Waals surface area (Å²) in [6, 6.07) is 10.5. The molecule has 1 heterocycles. The summed E-state index contributed by atoms with van der Waals surface area (Å²) in [5.41, 5.74) is 9.59. The Kier molecular flexibility index (Phi) is 2.18. The zero-order chi connectivity index (χ0) is 11.1. The third-order valence-electron chi connectivity index (χ3n) is 3.41. The van der Waals surface area contributed by atoms with E-state index in [4.69, 9.17) is 5.73 Å². The molecule has 3 rings (SSSR count). The van der Waals surface area contributed by atoms with E-state index in [0.717, 1.165) is 11.2 Å². The number of aryl methyl sites for hydroxylation is 1. The van der Waals surface area contributed by atoms with E-state index in [-0.39, 0.29) is 6.04 Å². The summed E-state index contributed by atoms with van der Waals surface area (Å²) >= 11 is 0. The smallest absolute Gasteiger partial charge is 0.0708 e. The SMILES string of the molecule is Cc1cc(C(N)C2CC2)nc2ccccc12. The molecule has 1 aliphatic carbocycles. The second kappa shape index (κ2) is 3.56. The lowest BCUT2D eigenvalue weighted by molar-refractivity contribution is 0.617. The average Bonchev–Trinajstić information content (AvgIpc) is 3.12. The fourth-order valence-corrected chi connectivity index (χ4v) is 2.24. The molecule has 1 aliphatic rings. The highest BCUT2D eigenvalue weighted by atomic mass is 14.8. The van der Waals surface area contributed by atoms with Crippen molar-refractivity contribution in [1.29, 1.82) is 0 Å². The van der Waals surface area contributed by atoms with E-state index in [9.17, 15) is 0 Å². The molecule has 0 amide bonds. The van der Waals surface area contributed by atoms with Crippen molar-refractivity contribution in [1.82, 2.24) is 4.98 Å². The number of hydrogen-bond acceptors (Lipinski definition) is 2. The largest absolute Gasteiger partial charge is 0.322 e. The predicted molar refractivity (Wildman–Crippen MR) is 66.1 cm³/mol. The van der Waals surface area contributed by atoms with Gasteiger partial charge in [0.1, 0.15) is 0 Å². The van der Waals surface area contributed by atoms with Crippen LogP contribution in [0.1, 0.15) is 30.1 Å². The maximum atomic E-state index is 6.20. The summed E-state index contributed by atoms with van der Waals surface area (Å²) in [7, 11) is 0. The maximum Gasteiger partial charge on any atom is 0.0708 e. The molecular weight excluding hydrogens is 196 g/mol. The van der Waals surface area contributed by atoms with Gasteiger partial charge in [0.05, 0.1) is 11.2 Å². The van der Waals surface area contributed by atoms with Crippen LogP contribution in [0.25, 0.3) is 10.9 Å². The summed E-state index contributed by atoms with van der Waals surface area (Å²) in [5.74, 6) is 0.660. The molecule has 0 saturated heterocycles. The molecule has 1 saturated carbocycles. The first kappa shape index (κ1) is 9.79. The molecule has 2 heteroatoms. The molecule has 2 nitrogen and oxygen atoms in total. The van der Waals surface area contributed by atoms with Crippen LogP contribution in [0.5, 0.6) is 0 Å². The van der Waals surface area contributed by atoms with Crippen LogP contribution in [0.15, 0.2) is 30.3 Å². The van der Waals surface area contributed by atoms with Crippen LogP contribution in [0, 0.1) is 12.8 Å². The van der Waals surface area contributed by atoms with Gasteiger partial charge >= 0.3 is 0 Å². The first-order chi connectivity index (χ1) is 7.75. The van der Waals surface area contributed by atoms with Crippen LogP contribution < -0.4 is 5.73 Å². The van der Waals surface area contributed by atoms with Crippen molar-refractivity contribution in [2.75, 3.05) is 0 Å². The van der Waals surface area contributed by atoms with Gasteiger partial charge in [0.15, 0.2) is 0 Å². The van der Waals surface area contributed by atoms with Gasteiger partial charge in [0.2, 0.25) is 0 Å². The summed E-state index contributed by atoms with van der Waals surface area (Å²) in [5, 5.41) is 1.23. The van der Waals surface area contributed by atoms with E-state index in [2.05, 4.69) is 36.2 Å². The van der Waals surface area contributed by atoms with E-state index >= 15 is 0 Å². The minimum Gasteiger partial charge on any atom is -0.322 e. The second-order valence-corrected chi connectivity index (χ2v) is 4.74. The van der Waals surface area contributed by atoms with E-state index < -0.39 is 0 Å². The highest BCUT2D eigenvalue weighted by Gasteiger charge is 2.30. The van der Waals surface area contributed by atoms with Crippen molar-refractivity contribution in [3.8, 4) is 0 Å². The highest BCUT2D eigenvalue weighted by molar-refractivity contribution is 5.82. The van der Waals surface area contributed by atoms with Crippen molar-refractivity contribution in [3.05, 3.63) is 41.6 Å². The molecule has 1 atom stereocenters. The van der Waals surface area contributed by atoms with Gasteiger partial charge in [-0.15, -0.1) is 0 Å². The van der Waals surface area contributed by atoms with Crippen LogP contribution in [0.2, 0.25) is 0 Å². The average molecular weight is 212 g/mol. The number of hydrogen-bond donors (Lipinski definition) is 1. The van der Waals surface area contributed by atoms with Crippen LogP contribution in [-0.4, -0.2) is 4.98 Å². The molecule has 1 fully saturated rings. The van der Waals surface area contributed by atoms with Gasteiger partial charge in [-0.2, -0.15) is 0 Å². The number of para-hydroxylation sites is 1. The Labute approximate surface area is 95.5 Å². The minimum atomic E-state index is 0.128. The van der Waals surface area contributed by atoms with Crippen LogP contribution >= 0.6 is 0 Å². The third-order valence-corrected chi connectivity index (χ3v) is 3.41. The monoisotopic (exact) mass is 212 g/mol. The first-order valence-electron chi connectivity index (χ1n) is 5.87. The Bertz CT molecular complexity index is 529. The standard InChI is InChI=1S/C14H16N2/c1-9-8-13(14(15)10-6-7-10)16-12-5-3-2-4-11(9)12/h2-5,8,10,14H,6-7,15H2,1H3. The van der Waals surface area contributed by atoms with E-state index in [1.165, 1.54) is 23.8 Å². The molecule has 2 aromatic rings. The van der Waals surface area contributed by atoms with E-state index in [1.54, 1.807) is 0 Å². The highest BCUT2D eigenvalue weighted by Crippen LogP contribution is 2.39. The lowest BCUT2D eigenvalue weighted by atomic mass is 10.0. The molecule has 0 bridgehead atoms. The fourth-order valence-electron chi connectivity index (χ4n) is 2.24. The van der Waals surface area contributed by atoms with Crippen molar-refractivity contribution in [3.63, 3.8) is 0 Å². The van der Waals surface area contributed by atoms with Crippen molar-refractivity contribution >= 4 is 10.9 Å². The molecule has 0 spiro atoms. The Hall–Kier alpha value is -1.41. The van der Waals surface area contributed by atoms with Crippen LogP contribution in [-0.2, 0) is 0 Å². The normalized spacial score (nSPS) is 17.6. The quantitative estimate of drug-likeness (QED) is 0.831. The van der Waals surface area contributed by atoms with Gasteiger partial charge in [0, 0.05) is 11.4 Å². The van der Waals surface area contributed by atoms with Gasteiger partial charge in [-0.25, -0.2) is 0 Å². The zero-order valence-corrected chi connectivity index (χ0v) is 9.48. The van der Waals surface area contributed by atoms with Crippen molar-refractivity contribution in [2.45, 2.75) is 25.8 Å². The molecule has 0 aliphatic heterocycles. The number of pyridine rings is 1. The second-order valence-electron chi connectivity index (χ2n) is 4.74. The van der Waals surface area contributed by atoms with Gasteiger partial charge in [-0.1, -0.05) is 18.2 Å². The lowest BCUT2D eigenvalue weighted by Crippen LogP contribution is -2.14. The first-order valence-corrected chi connectivity index (χ1v) is 5.87.